The molecule has 13 heavy (non-hydrogen) atoms. The molecule has 0 fully saturated rings. The van der Waals surface area contributed by atoms with Crippen molar-refractivity contribution in [3.05, 3.63) is 35.7 Å². The highest BCUT2D eigenvalue weighted by molar-refractivity contribution is 5.89. The van der Waals surface area contributed by atoms with Gasteiger partial charge in [0.2, 0.25) is 5.91 Å². The quantitative estimate of drug-likeness (QED) is 0.659. The molecule has 64 valence electrons. The van der Waals surface area contributed by atoms with Gasteiger partial charge in [-0.15, -0.1) is 0 Å². The Morgan fingerprint density at radius 1 is 1.62 bits per heavy atom. The van der Waals surface area contributed by atoms with Crippen LogP contribution in [0.15, 0.2) is 24.4 Å². The third-order valence-corrected chi connectivity index (χ3v) is 1.33. The summed E-state index contributed by atoms with van der Waals surface area (Å²) in [4.78, 5) is 14.3. The minimum absolute atomic E-state index is 0.483. The number of hydrogen-bond donors (Lipinski definition) is 1. The number of hydrogen-bond acceptors (Lipinski definition) is 3. The number of primary amides is 1. The smallest absolute Gasteiger partial charge is 0.241 e. The molecule has 1 heterocycles. The molecule has 1 amide bonds. The van der Waals surface area contributed by atoms with Crippen molar-refractivity contribution in [3.8, 4) is 6.07 Å². The van der Waals surface area contributed by atoms with Crippen LogP contribution in [0.2, 0.25) is 0 Å². The number of carbonyl (C=O) groups excluding carboxylic acids is 1. The summed E-state index contributed by atoms with van der Waals surface area (Å²) in [6, 6.07) is 5.20. The van der Waals surface area contributed by atoms with E-state index in [1.165, 1.54) is 18.3 Å². The van der Waals surface area contributed by atoms with Gasteiger partial charge in [0.15, 0.2) is 0 Å². The molecule has 0 atom stereocenters. The topological polar surface area (TPSA) is 79.8 Å². The van der Waals surface area contributed by atoms with Crippen LogP contribution >= 0.6 is 0 Å². The zero-order valence-corrected chi connectivity index (χ0v) is 6.77. The molecule has 0 saturated heterocycles. The highest BCUT2D eigenvalue weighted by Crippen LogP contribution is 2.00. The first-order valence-electron chi connectivity index (χ1n) is 3.56. The average molecular weight is 173 g/mol. The zero-order valence-electron chi connectivity index (χ0n) is 6.77. The average Bonchev–Trinajstić information content (AvgIpc) is 2.15. The van der Waals surface area contributed by atoms with Gasteiger partial charge in [0.25, 0.3) is 0 Å². The number of carbonyl (C=O) groups is 1. The number of amides is 1. The van der Waals surface area contributed by atoms with Crippen molar-refractivity contribution in [3.63, 3.8) is 0 Å². The number of aromatic nitrogens is 1. The van der Waals surface area contributed by atoms with E-state index in [-0.39, 0.29) is 0 Å². The molecule has 1 rings (SSSR count). The van der Waals surface area contributed by atoms with Crippen LogP contribution in [0.5, 0.6) is 0 Å². The summed E-state index contributed by atoms with van der Waals surface area (Å²) in [5.74, 6) is -0.522. The SMILES string of the molecule is N#Cc1ccc(C=CC(N)=O)nc1. The molecule has 2 N–H and O–H groups in total. The minimum Gasteiger partial charge on any atom is -0.366 e. The van der Waals surface area contributed by atoms with Gasteiger partial charge in [-0.2, -0.15) is 5.26 Å². The van der Waals surface area contributed by atoms with E-state index in [1.807, 2.05) is 6.07 Å². The lowest BCUT2D eigenvalue weighted by Crippen LogP contribution is -2.05. The molecule has 1 aromatic heterocycles. The normalized spacial score (nSPS) is 9.77. The molecule has 0 aliphatic rings. The zero-order chi connectivity index (χ0) is 9.68. The first kappa shape index (κ1) is 8.94. The van der Waals surface area contributed by atoms with Crippen molar-refractivity contribution < 1.29 is 4.79 Å². The van der Waals surface area contributed by atoms with Gasteiger partial charge in [-0.25, -0.2) is 0 Å². The predicted molar refractivity (Wildman–Crippen MR) is 47.2 cm³/mol. The second kappa shape index (κ2) is 4.02. The Bertz CT molecular complexity index is 373. The third-order valence-electron chi connectivity index (χ3n) is 1.33. The molecule has 0 unspecified atom stereocenters. The lowest BCUT2D eigenvalue weighted by Gasteiger charge is -1.90. The fourth-order valence-electron chi connectivity index (χ4n) is 0.738. The van der Waals surface area contributed by atoms with Gasteiger partial charge in [0.1, 0.15) is 6.07 Å². The standard InChI is InChI=1S/C9H7N3O/c10-5-7-1-2-8(12-6-7)3-4-9(11)13/h1-4,6H,(H2,11,13). The molecule has 4 heteroatoms. The van der Waals surface area contributed by atoms with E-state index in [9.17, 15) is 4.79 Å². The Labute approximate surface area is 75.3 Å². The van der Waals surface area contributed by atoms with Crippen LogP contribution in [0, 0.1) is 11.3 Å². The maximum Gasteiger partial charge on any atom is 0.241 e. The molecule has 0 aliphatic carbocycles. The molecular formula is C9H7N3O. The molecule has 0 aromatic carbocycles. The summed E-state index contributed by atoms with van der Waals surface area (Å²) in [6.07, 6.45) is 4.14. The van der Waals surface area contributed by atoms with Gasteiger partial charge < -0.3 is 5.73 Å². The van der Waals surface area contributed by atoms with Crippen molar-refractivity contribution >= 4 is 12.0 Å². The van der Waals surface area contributed by atoms with Crippen LogP contribution in [0.25, 0.3) is 6.08 Å². The van der Waals surface area contributed by atoms with E-state index in [1.54, 1.807) is 12.1 Å². The van der Waals surface area contributed by atoms with E-state index < -0.39 is 5.91 Å². The molecule has 0 saturated carbocycles. The number of rotatable bonds is 2. The number of nitrogens with zero attached hydrogens (tertiary/aromatic N) is 2. The Morgan fingerprint density at radius 3 is 2.85 bits per heavy atom. The second-order valence-corrected chi connectivity index (χ2v) is 2.32. The molecule has 4 nitrogen and oxygen atoms in total. The van der Waals surface area contributed by atoms with E-state index >= 15 is 0 Å². The van der Waals surface area contributed by atoms with Crippen LogP contribution in [0.3, 0.4) is 0 Å². The van der Waals surface area contributed by atoms with Crippen LogP contribution in [-0.2, 0) is 4.79 Å². The van der Waals surface area contributed by atoms with Crippen LogP contribution in [0.4, 0.5) is 0 Å². The van der Waals surface area contributed by atoms with Gasteiger partial charge in [-0.05, 0) is 18.2 Å². The van der Waals surface area contributed by atoms with E-state index in [2.05, 4.69) is 4.98 Å². The fourth-order valence-corrected chi connectivity index (χ4v) is 0.738. The van der Waals surface area contributed by atoms with Crippen LogP contribution < -0.4 is 5.73 Å². The van der Waals surface area contributed by atoms with Crippen molar-refractivity contribution in [2.75, 3.05) is 0 Å². The van der Waals surface area contributed by atoms with E-state index in [4.69, 9.17) is 11.0 Å². The van der Waals surface area contributed by atoms with Crippen molar-refractivity contribution in [1.29, 1.82) is 5.26 Å². The minimum atomic E-state index is -0.522. The molecule has 0 radical (unpaired) electrons. The summed E-state index contributed by atoms with van der Waals surface area (Å²) >= 11 is 0. The van der Waals surface area contributed by atoms with Gasteiger partial charge >= 0.3 is 0 Å². The van der Waals surface area contributed by atoms with E-state index in [0.717, 1.165) is 0 Å². The summed E-state index contributed by atoms with van der Waals surface area (Å²) in [6.45, 7) is 0. The Balaban J connectivity index is 2.82. The maximum atomic E-state index is 10.4. The molecular weight excluding hydrogens is 166 g/mol. The van der Waals surface area contributed by atoms with Crippen LogP contribution in [-0.4, -0.2) is 10.9 Å². The van der Waals surface area contributed by atoms with Crippen molar-refractivity contribution in [2.24, 2.45) is 5.73 Å². The van der Waals surface area contributed by atoms with Gasteiger partial charge in [-0.1, -0.05) is 0 Å². The summed E-state index contributed by atoms with van der Waals surface area (Å²) in [5, 5.41) is 8.46. The second-order valence-electron chi connectivity index (χ2n) is 2.32. The Morgan fingerprint density at radius 2 is 2.38 bits per heavy atom. The number of nitriles is 1. The molecule has 0 aliphatic heterocycles. The molecule has 0 spiro atoms. The summed E-state index contributed by atoms with van der Waals surface area (Å²) in [5.41, 5.74) is 5.97. The van der Waals surface area contributed by atoms with Gasteiger partial charge in [0.05, 0.1) is 11.3 Å². The number of nitrogens with two attached hydrogens (primary N) is 1. The predicted octanol–water partition coefficient (Wildman–Crippen LogP) is 0.452. The summed E-state index contributed by atoms with van der Waals surface area (Å²) in [7, 11) is 0. The van der Waals surface area contributed by atoms with Crippen molar-refractivity contribution in [1.82, 2.24) is 4.98 Å². The van der Waals surface area contributed by atoms with Gasteiger partial charge in [-0.3, -0.25) is 9.78 Å². The first-order chi connectivity index (χ1) is 6.22. The fraction of sp³-hybridized carbons (Fsp3) is 0. The lowest BCUT2D eigenvalue weighted by molar-refractivity contribution is -0.113. The lowest BCUT2D eigenvalue weighted by atomic mass is 10.2. The van der Waals surface area contributed by atoms with Gasteiger partial charge in [0, 0.05) is 12.3 Å². The van der Waals surface area contributed by atoms with Crippen LogP contribution in [0.1, 0.15) is 11.3 Å². The maximum absolute atomic E-state index is 10.4. The Kier molecular flexibility index (Phi) is 2.77. The number of pyridine rings is 1. The molecule has 1 aromatic rings. The molecule has 0 bridgehead atoms. The first-order valence-corrected chi connectivity index (χ1v) is 3.56. The monoisotopic (exact) mass is 173 g/mol. The van der Waals surface area contributed by atoms with E-state index in [0.29, 0.717) is 11.3 Å². The largest absolute Gasteiger partial charge is 0.366 e. The summed E-state index contributed by atoms with van der Waals surface area (Å²) < 4.78 is 0. The Hall–Kier alpha value is -2.15. The van der Waals surface area contributed by atoms with Crippen molar-refractivity contribution in [2.45, 2.75) is 0 Å². The highest BCUT2D eigenvalue weighted by Gasteiger charge is 1.91. The highest BCUT2D eigenvalue weighted by atomic mass is 16.1. The third kappa shape index (κ3) is 2.75.